The van der Waals surface area contributed by atoms with Gasteiger partial charge in [-0.1, -0.05) is 42.1 Å². The summed E-state index contributed by atoms with van der Waals surface area (Å²) in [7, 11) is 0. The Morgan fingerprint density at radius 3 is 2.69 bits per heavy atom. The van der Waals surface area contributed by atoms with Gasteiger partial charge >= 0.3 is 0 Å². The molecule has 0 aliphatic heterocycles. The minimum absolute atomic E-state index is 0.139. The summed E-state index contributed by atoms with van der Waals surface area (Å²) >= 11 is 1.18. The lowest BCUT2D eigenvalue weighted by molar-refractivity contribution is -0.113. The number of benzene rings is 2. The molecule has 32 heavy (non-hydrogen) atoms. The highest BCUT2D eigenvalue weighted by Gasteiger charge is 2.19. The van der Waals surface area contributed by atoms with Gasteiger partial charge in [-0.25, -0.2) is 4.68 Å². The largest absolute Gasteiger partial charge is 0.409 e. The molecule has 2 heterocycles. The monoisotopic (exact) mass is 448 g/mol. The molecule has 2 aromatic heterocycles. The van der Waals surface area contributed by atoms with Crippen molar-refractivity contribution in [1.29, 1.82) is 0 Å². The molecule has 1 amide bonds. The van der Waals surface area contributed by atoms with Gasteiger partial charge in [0.05, 0.1) is 17.1 Å². The van der Waals surface area contributed by atoms with E-state index in [0.29, 0.717) is 10.9 Å². The number of hydrogen-bond donors (Lipinski definition) is 1. The fourth-order valence-electron chi connectivity index (χ4n) is 3.19. The summed E-state index contributed by atoms with van der Waals surface area (Å²) in [5.41, 5.74) is 6.57. The van der Waals surface area contributed by atoms with Crippen LogP contribution in [0.1, 0.15) is 29.3 Å². The Labute approximate surface area is 190 Å². The van der Waals surface area contributed by atoms with Gasteiger partial charge in [-0.2, -0.15) is 0 Å². The smallest absolute Gasteiger partial charge is 0.277 e. The van der Waals surface area contributed by atoms with E-state index >= 15 is 0 Å². The predicted molar refractivity (Wildman–Crippen MR) is 124 cm³/mol. The van der Waals surface area contributed by atoms with Gasteiger partial charge in [0.15, 0.2) is 5.69 Å². The molecule has 0 unspecified atom stereocenters. The Morgan fingerprint density at radius 2 is 1.91 bits per heavy atom. The average molecular weight is 449 g/mol. The molecule has 9 heteroatoms. The van der Waals surface area contributed by atoms with E-state index in [1.54, 1.807) is 4.68 Å². The van der Waals surface area contributed by atoms with Crippen molar-refractivity contribution in [2.24, 2.45) is 0 Å². The van der Waals surface area contributed by atoms with Gasteiger partial charge < -0.3 is 9.73 Å². The summed E-state index contributed by atoms with van der Waals surface area (Å²) in [6.07, 6.45) is 0.913. The molecule has 0 spiro atoms. The molecule has 0 radical (unpaired) electrons. The van der Waals surface area contributed by atoms with Crippen molar-refractivity contribution in [3.63, 3.8) is 0 Å². The molecule has 4 rings (SSSR count). The lowest BCUT2D eigenvalue weighted by Crippen LogP contribution is -2.14. The average Bonchev–Trinajstić information content (AvgIpc) is 3.41. The first-order valence-electron chi connectivity index (χ1n) is 10.3. The van der Waals surface area contributed by atoms with Crippen LogP contribution in [0.3, 0.4) is 0 Å². The molecule has 0 fully saturated rings. The standard InChI is InChI=1S/C23H24N6O2S/c1-5-17-7-6-8-18(12-17)24-20(30)13-32-23-27-26-22(31-23)21-16(4)29(28-25-21)19-10-9-14(2)15(3)11-19/h6-12H,5,13H2,1-4H3,(H,24,30). The minimum Gasteiger partial charge on any atom is -0.409 e. The maximum Gasteiger partial charge on any atom is 0.277 e. The highest BCUT2D eigenvalue weighted by molar-refractivity contribution is 7.99. The van der Waals surface area contributed by atoms with Gasteiger partial charge in [-0.15, -0.1) is 15.3 Å². The lowest BCUT2D eigenvalue weighted by atomic mass is 10.1. The van der Waals surface area contributed by atoms with Crippen molar-refractivity contribution in [2.75, 3.05) is 11.1 Å². The number of nitrogens with zero attached hydrogens (tertiary/aromatic N) is 5. The van der Waals surface area contributed by atoms with Gasteiger partial charge in [0.25, 0.3) is 11.1 Å². The van der Waals surface area contributed by atoms with E-state index in [0.717, 1.165) is 23.5 Å². The predicted octanol–water partition coefficient (Wildman–Crippen LogP) is 4.54. The van der Waals surface area contributed by atoms with Gasteiger partial charge in [-0.05, 0) is 68.1 Å². The Hall–Kier alpha value is -3.46. The molecular weight excluding hydrogens is 424 g/mol. The topological polar surface area (TPSA) is 98.7 Å². The van der Waals surface area contributed by atoms with Crippen LogP contribution in [-0.2, 0) is 11.2 Å². The molecule has 0 atom stereocenters. The van der Waals surface area contributed by atoms with E-state index in [1.165, 1.54) is 28.5 Å². The molecule has 0 saturated carbocycles. The van der Waals surface area contributed by atoms with Crippen LogP contribution >= 0.6 is 11.8 Å². The summed E-state index contributed by atoms with van der Waals surface area (Å²) in [6, 6.07) is 13.9. The number of aromatic nitrogens is 5. The number of anilines is 1. The van der Waals surface area contributed by atoms with E-state index in [1.807, 2.05) is 37.3 Å². The summed E-state index contributed by atoms with van der Waals surface area (Å²) in [6.45, 7) is 8.11. The number of hydrogen-bond acceptors (Lipinski definition) is 7. The maximum atomic E-state index is 12.3. The third kappa shape index (κ3) is 4.72. The highest BCUT2D eigenvalue weighted by atomic mass is 32.2. The second-order valence-corrected chi connectivity index (χ2v) is 8.39. The highest BCUT2D eigenvalue weighted by Crippen LogP contribution is 2.26. The first kappa shape index (κ1) is 21.8. The zero-order valence-corrected chi connectivity index (χ0v) is 19.2. The van der Waals surface area contributed by atoms with Crippen LogP contribution in [0.4, 0.5) is 5.69 Å². The second-order valence-electron chi connectivity index (χ2n) is 7.47. The summed E-state index contributed by atoms with van der Waals surface area (Å²) in [5.74, 6) is 0.294. The molecule has 8 nitrogen and oxygen atoms in total. The minimum atomic E-state index is -0.139. The molecule has 1 N–H and O–H groups in total. The summed E-state index contributed by atoms with van der Waals surface area (Å²) in [5, 5.41) is 19.8. The van der Waals surface area contributed by atoms with Crippen molar-refractivity contribution in [3.05, 3.63) is 64.8 Å². The van der Waals surface area contributed by atoms with Crippen LogP contribution in [0.25, 0.3) is 17.3 Å². The van der Waals surface area contributed by atoms with Crippen molar-refractivity contribution >= 4 is 23.4 Å². The van der Waals surface area contributed by atoms with Crippen LogP contribution in [0.5, 0.6) is 0 Å². The maximum absolute atomic E-state index is 12.3. The SMILES string of the molecule is CCc1cccc(NC(=O)CSc2nnc(-c3nnn(-c4ccc(C)c(C)c4)c3C)o2)c1. The first-order valence-corrected chi connectivity index (χ1v) is 11.3. The number of aryl methyl sites for hydroxylation is 3. The molecule has 0 aliphatic rings. The second kappa shape index (κ2) is 9.35. The summed E-state index contributed by atoms with van der Waals surface area (Å²) in [4.78, 5) is 12.3. The zero-order valence-electron chi connectivity index (χ0n) is 18.4. The molecule has 2 aromatic carbocycles. The third-order valence-electron chi connectivity index (χ3n) is 5.18. The van der Waals surface area contributed by atoms with Crippen LogP contribution in [0.15, 0.2) is 52.1 Å². The number of carbonyl (C=O) groups is 1. The van der Waals surface area contributed by atoms with Crippen LogP contribution in [0.2, 0.25) is 0 Å². The number of carbonyl (C=O) groups excluding carboxylic acids is 1. The van der Waals surface area contributed by atoms with E-state index in [9.17, 15) is 4.79 Å². The molecule has 0 bridgehead atoms. The molecular formula is C23H24N6O2S. The Balaban J connectivity index is 1.42. The van der Waals surface area contributed by atoms with E-state index < -0.39 is 0 Å². The molecule has 0 aliphatic carbocycles. The normalized spacial score (nSPS) is 11.0. The zero-order chi connectivity index (χ0) is 22.7. The number of thioether (sulfide) groups is 1. The Kier molecular flexibility index (Phi) is 6.36. The first-order chi connectivity index (χ1) is 15.4. The van der Waals surface area contributed by atoms with E-state index in [-0.39, 0.29) is 17.6 Å². The van der Waals surface area contributed by atoms with Crippen molar-refractivity contribution in [3.8, 4) is 17.3 Å². The molecule has 0 saturated heterocycles. The van der Waals surface area contributed by atoms with Crippen molar-refractivity contribution in [1.82, 2.24) is 25.2 Å². The van der Waals surface area contributed by atoms with Gasteiger partial charge in [-0.3, -0.25) is 4.79 Å². The van der Waals surface area contributed by atoms with Gasteiger partial charge in [0, 0.05) is 5.69 Å². The lowest BCUT2D eigenvalue weighted by Gasteiger charge is -2.06. The van der Waals surface area contributed by atoms with E-state index in [4.69, 9.17) is 4.42 Å². The Morgan fingerprint density at radius 1 is 1.06 bits per heavy atom. The van der Waals surface area contributed by atoms with Crippen LogP contribution in [0, 0.1) is 20.8 Å². The van der Waals surface area contributed by atoms with Crippen LogP contribution < -0.4 is 5.32 Å². The van der Waals surface area contributed by atoms with Crippen molar-refractivity contribution in [2.45, 2.75) is 39.3 Å². The number of nitrogens with one attached hydrogen (secondary N) is 1. The van der Waals surface area contributed by atoms with Gasteiger partial charge in [0.2, 0.25) is 5.91 Å². The molecule has 164 valence electrons. The number of rotatable bonds is 7. The fourth-order valence-corrected chi connectivity index (χ4v) is 3.75. The fraction of sp³-hybridized carbons (Fsp3) is 0.261. The quantitative estimate of drug-likeness (QED) is 0.415. The van der Waals surface area contributed by atoms with Gasteiger partial charge in [0.1, 0.15) is 0 Å². The molecule has 4 aromatic rings. The summed E-state index contributed by atoms with van der Waals surface area (Å²) < 4.78 is 7.47. The number of amides is 1. The van der Waals surface area contributed by atoms with Crippen molar-refractivity contribution < 1.29 is 9.21 Å². The van der Waals surface area contributed by atoms with Crippen LogP contribution in [-0.4, -0.2) is 36.9 Å². The van der Waals surface area contributed by atoms with E-state index in [2.05, 4.69) is 58.7 Å². The third-order valence-corrected chi connectivity index (χ3v) is 6.00. The Bertz CT molecular complexity index is 1260.